The van der Waals surface area contributed by atoms with Crippen LogP contribution in [0.5, 0.6) is 11.5 Å². The van der Waals surface area contributed by atoms with E-state index in [9.17, 15) is 4.39 Å². The van der Waals surface area contributed by atoms with E-state index < -0.39 is 0 Å². The number of hydrogen-bond donors (Lipinski definition) is 1. The molecule has 2 aromatic carbocycles. The number of hydrogen-bond acceptors (Lipinski definition) is 2. The van der Waals surface area contributed by atoms with Crippen LogP contribution in [-0.4, -0.2) is 13.1 Å². The molecule has 0 aromatic heterocycles. The summed E-state index contributed by atoms with van der Waals surface area (Å²) in [6, 6.07) is 14.1. The van der Waals surface area contributed by atoms with E-state index in [1.165, 1.54) is 23.3 Å². The third-order valence-electron chi connectivity index (χ3n) is 3.34. The van der Waals surface area contributed by atoms with Crippen molar-refractivity contribution in [1.82, 2.24) is 5.32 Å². The van der Waals surface area contributed by atoms with Crippen LogP contribution in [0.15, 0.2) is 54.6 Å². The van der Waals surface area contributed by atoms with Gasteiger partial charge in [-0.05, 0) is 60.5 Å². The summed E-state index contributed by atoms with van der Waals surface area (Å²) in [5.41, 5.74) is 2.61. The molecule has 1 aliphatic heterocycles. The van der Waals surface area contributed by atoms with Crippen LogP contribution >= 0.6 is 0 Å². The normalized spacial score (nSPS) is 14.8. The van der Waals surface area contributed by atoms with Gasteiger partial charge in [-0.25, -0.2) is 4.39 Å². The van der Waals surface area contributed by atoms with Crippen LogP contribution in [0.2, 0.25) is 0 Å². The van der Waals surface area contributed by atoms with Crippen LogP contribution in [0.4, 0.5) is 4.39 Å². The van der Waals surface area contributed by atoms with Crippen LogP contribution in [-0.2, 0) is 0 Å². The van der Waals surface area contributed by atoms with E-state index in [1.54, 1.807) is 12.1 Å². The molecule has 1 N–H and O–H groups in total. The molecule has 2 nitrogen and oxygen atoms in total. The highest BCUT2D eigenvalue weighted by molar-refractivity contribution is 5.67. The Kier molecular flexibility index (Phi) is 3.79. The van der Waals surface area contributed by atoms with Gasteiger partial charge in [0.05, 0.1) is 0 Å². The molecular weight excluding hydrogens is 253 g/mol. The van der Waals surface area contributed by atoms with E-state index in [1.807, 2.05) is 12.1 Å². The Balaban J connectivity index is 1.72. The van der Waals surface area contributed by atoms with Gasteiger partial charge in [-0.1, -0.05) is 18.2 Å². The van der Waals surface area contributed by atoms with Gasteiger partial charge in [0.2, 0.25) is 0 Å². The van der Waals surface area contributed by atoms with E-state index in [4.69, 9.17) is 4.74 Å². The minimum absolute atomic E-state index is 0.259. The fourth-order valence-electron chi connectivity index (χ4n) is 2.26. The van der Waals surface area contributed by atoms with Crippen molar-refractivity contribution < 1.29 is 9.13 Å². The molecule has 0 atom stereocenters. The molecule has 0 saturated carbocycles. The lowest BCUT2D eigenvalue weighted by molar-refractivity contribution is 0.480. The van der Waals surface area contributed by atoms with Gasteiger partial charge in [0, 0.05) is 6.54 Å². The fraction of sp³-hybridized carbons (Fsp3) is 0.176. The lowest BCUT2D eigenvalue weighted by Crippen LogP contribution is -2.19. The van der Waals surface area contributed by atoms with Crippen molar-refractivity contribution >= 4 is 5.57 Å². The molecule has 0 saturated heterocycles. The number of benzene rings is 2. The number of rotatable bonds is 3. The summed E-state index contributed by atoms with van der Waals surface area (Å²) in [5.74, 6) is 1.14. The van der Waals surface area contributed by atoms with Crippen molar-refractivity contribution in [1.29, 1.82) is 0 Å². The summed E-state index contributed by atoms with van der Waals surface area (Å²) < 4.78 is 18.5. The second-order valence-corrected chi connectivity index (χ2v) is 4.76. The molecule has 0 bridgehead atoms. The second-order valence-electron chi connectivity index (χ2n) is 4.76. The first-order chi connectivity index (χ1) is 9.81. The van der Waals surface area contributed by atoms with Gasteiger partial charge in [0.25, 0.3) is 0 Å². The van der Waals surface area contributed by atoms with Crippen molar-refractivity contribution in [3.63, 3.8) is 0 Å². The fourth-order valence-corrected chi connectivity index (χ4v) is 2.26. The van der Waals surface area contributed by atoms with Crippen LogP contribution in [0.3, 0.4) is 0 Å². The second kappa shape index (κ2) is 5.88. The van der Waals surface area contributed by atoms with E-state index >= 15 is 0 Å². The van der Waals surface area contributed by atoms with Gasteiger partial charge < -0.3 is 10.1 Å². The summed E-state index contributed by atoms with van der Waals surface area (Å²) in [6.07, 6.45) is 3.28. The largest absolute Gasteiger partial charge is 0.457 e. The molecule has 0 aliphatic carbocycles. The number of ether oxygens (including phenoxy) is 1. The maximum Gasteiger partial charge on any atom is 0.127 e. The summed E-state index contributed by atoms with van der Waals surface area (Å²) >= 11 is 0. The van der Waals surface area contributed by atoms with Crippen LogP contribution in [0.25, 0.3) is 5.57 Å². The average molecular weight is 269 g/mol. The molecule has 102 valence electrons. The predicted octanol–water partition coefficient (Wildman–Crippen LogP) is 3.99. The van der Waals surface area contributed by atoms with Crippen LogP contribution in [0.1, 0.15) is 12.0 Å². The zero-order valence-corrected chi connectivity index (χ0v) is 11.1. The van der Waals surface area contributed by atoms with E-state index in [-0.39, 0.29) is 5.82 Å². The maximum absolute atomic E-state index is 12.8. The minimum Gasteiger partial charge on any atom is -0.457 e. The zero-order valence-electron chi connectivity index (χ0n) is 11.1. The smallest absolute Gasteiger partial charge is 0.127 e. The van der Waals surface area contributed by atoms with Gasteiger partial charge in [0.1, 0.15) is 17.3 Å². The third-order valence-corrected chi connectivity index (χ3v) is 3.34. The molecule has 3 rings (SSSR count). The molecule has 1 aliphatic rings. The Morgan fingerprint density at radius 1 is 0.900 bits per heavy atom. The molecule has 0 fully saturated rings. The number of halogens is 1. The van der Waals surface area contributed by atoms with Gasteiger partial charge in [-0.2, -0.15) is 0 Å². The van der Waals surface area contributed by atoms with Crippen LogP contribution in [0, 0.1) is 5.82 Å². The SMILES string of the molecule is Fc1ccc(Oc2ccc(C3=CCNCC3)cc2)cc1. The highest BCUT2D eigenvalue weighted by atomic mass is 19.1. The summed E-state index contributed by atoms with van der Waals surface area (Å²) in [4.78, 5) is 0. The van der Waals surface area contributed by atoms with Gasteiger partial charge in [-0.15, -0.1) is 0 Å². The van der Waals surface area contributed by atoms with E-state index in [0.717, 1.165) is 25.3 Å². The predicted molar refractivity (Wildman–Crippen MR) is 78.4 cm³/mol. The highest BCUT2D eigenvalue weighted by Gasteiger charge is 2.06. The molecule has 2 aromatic rings. The summed E-state index contributed by atoms with van der Waals surface area (Å²) in [7, 11) is 0. The molecule has 0 unspecified atom stereocenters. The minimum atomic E-state index is -0.259. The first-order valence-electron chi connectivity index (χ1n) is 6.75. The monoisotopic (exact) mass is 269 g/mol. The lowest BCUT2D eigenvalue weighted by Gasteiger charge is -2.14. The molecule has 20 heavy (non-hydrogen) atoms. The van der Waals surface area contributed by atoms with Gasteiger partial charge >= 0.3 is 0 Å². The molecular formula is C17H16FNO. The standard InChI is InChI=1S/C17H16FNO/c18-15-3-7-17(8-4-15)20-16-5-1-13(2-6-16)14-9-11-19-12-10-14/h1-9,19H,10-12H2. The van der Waals surface area contributed by atoms with Crippen molar-refractivity contribution in [2.24, 2.45) is 0 Å². The van der Waals surface area contributed by atoms with Gasteiger partial charge in [0.15, 0.2) is 0 Å². The van der Waals surface area contributed by atoms with E-state index in [0.29, 0.717) is 5.75 Å². The van der Waals surface area contributed by atoms with Crippen LogP contribution < -0.4 is 10.1 Å². The Morgan fingerprint density at radius 2 is 1.55 bits per heavy atom. The Labute approximate surface area is 117 Å². The highest BCUT2D eigenvalue weighted by Crippen LogP contribution is 2.25. The first-order valence-corrected chi connectivity index (χ1v) is 6.75. The van der Waals surface area contributed by atoms with Crippen molar-refractivity contribution in [3.05, 3.63) is 66.0 Å². The Morgan fingerprint density at radius 3 is 2.15 bits per heavy atom. The third kappa shape index (κ3) is 3.06. The molecule has 1 heterocycles. The van der Waals surface area contributed by atoms with Crippen molar-refractivity contribution in [3.8, 4) is 11.5 Å². The average Bonchev–Trinajstić information content (AvgIpc) is 2.51. The maximum atomic E-state index is 12.8. The molecule has 0 amide bonds. The summed E-state index contributed by atoms with van der Waals surface area (Å²) in [6.45, 7) is 1.96. The topological polar surface area (TPSA) is 21.3 Å². The molecule has 0 radical (unpaired) electrons. The number of nitrogens with one attached hydrogen (secondary N) is 1. The lowest BCUT2D eigenvalue weighted by atomic mass is 10.0. The Bertz CT molecular complexity index is 602. The summed E-state index contributed by atoms with van der Waals surface area (Å²) in [5, 5.41) is 3.30. The quantitative estimate of drug-likeness (QED) is 0.909. The van der Waals surface area contributed by atoms with Crippen molar-refractivity contribution in [2.75, 3.05) is 13.1 Å². The Hall–Kier alpha value is -2.13. The van der Waals surface area contributed by atoms with Crippen molar-refractivity contribution in [2.45, 2.75) is 6.42 Å². The molecule has 3 heteroatoms. The van der Waals surface area contributed by atoms with E-state index in [2.05, 4.69) is 23.5 Å². The molecule has 0 spiro atoms. The first kappa shape index (κ1) is 12.9. The zero-order chi connectivity index (χ0) is 13.8. The van der Waals surface area contributed by atoms with Gasteiger partial charge in [-0.3, -0.25) is 0 Å².